The van der Waals surface area contributed by atoms with Gasteiger partial charge in [-0.3, -0.25) is 14.4 Å². The molecule has 0 radical (unpaired) electrons. The largest absolute Gasteiger partial charge is 0.480 e. The molecule has 2 fully saturated rings. The Labute approximate surface area is 240 Å². The Bertz CT molecular complexity index is 1140. The number of rotatable bonds is 12. The average Bonchev–Trinajstić information content (AvgIpc) is 3.62. The predicted molar refractivity (Wildman–Crippen MR) is 152 cm³/mol. The van der Waals surface area contributed by atoms with Crippen LogP contribution in [0, 0.1) is 11.3 Å². The second-order valence-corrected chi connectivity index (χ2v) is 11.0. The molecule has 2 heterocycles. The second kappa shape index (κ2) is 14.7. The number of carbonyl (C=O) groups is 4. The van der Waals surface area contributed by atoms with E-state index in [1.807, 2.05) is 13.0 Å². The summed E-state index contributed by atoms with van der Waals surface area (Å²) in [7, 11) is 0. The highest BCUT2D eigenvalue weighted by Crippen LogP contribution is 2.26. The van der Waals surface area contributed by atoms with Crippen molar-refractivity contribution in [3.05, 3.63) is 35.4 Å². The summed E-state index contributed by atoms with van der Waals surface area (Å²) in [6, 6.07) is 5.11. The molecule has 0 aliphatic carbocycles. The van der Waals surface area contributed by atoms with Gasteiger partial charge >= 0.3 is 5.97 Å². The van der Waals surface area contributed by atoms with Crippen molar-refractivity contribution in [3.8, 4) is 6.07 Å². The van der Waals surface area contributed by atoms with Gasteiger partial charge in [0.2, 0.25) is 17.7 Å². The van der Waals surface area contributed by atoms with Gasteiger partial charge in [-0.05, 0) is 69.6 Å². The van der Waals surface area contributed by atoms with Crippen LogP contribution in [0.15, 0.2) is 24.3 Å². The molecule has 0 bridgehead atoms. The maximum atomic E-state index is 13.6. The Hall–Kier alpha value is -3.56. The number of amides is 3. The summed E-state index contributed by atoms with van der Waals surface area (Å²) in [6.45, 7) is 3.33. The van der Waals surface area contributed by atoms with E-state index in [4.69, 9.17) is 23.2 Å². The Kier molecular flexibility index (Phi) is 11.4. The smallest absolute Gasteiger partial charge is 0.326 e. The third kappa shape index (κ3) is 8.22. The van der Waals surface area contributed by atoms with Crippen molar-refractivity contribution in [1.82, 2.24) is 20.4 Å². The molecule has 1 aromatic rings. The van der Waals surface area contributed by atoms with Gasteiger partial charge in [0.15, 0.2) is 0 Å². The minimum atomic E-state index is -1.19. The number of nitrogens with zero attached hydrogens (tertiary/aromatic N) is 3. The van der Waals surface area contributed by atoms with Crippen LogP contribution in [-0.2, 0) is 25.6 Å². The Morgan fingerprint density at radius 2 is 1.75 bits per heavy atom. The monoisotopic (exact) mass is 570 g/mol. The first kappa shape index (κ1) is 31.0. The van der Waals surface area contributed by atoms with E-state index in [0.717, 1.165) is 24.4 Å². The van der Waals surface area contributed by atoms with Gasteiger partial charge < -0.3 is 31.3 Å². The second-order valence-electron chi connectivity index (χ2n) is 10.4. The van der Waals surface area contributed by atoms with Crippen molar-refractivity contribution in [2.75, 3.05) is 19.6 Å². The molecule has 4 atom stereocenters. The van der Waals surface area contributed by atoms with Gasteiger partial charge in [0.25, 0.3) is 0 Å². The first-order valence-corrected chi connectivity index (χ1v) is 14.2. The van der Waals surface area contributed by atoms with Crippen molar-refractivity contribution < 1.29 is 24.3 Å². The molecule has 3 rings (SSSR count). The number of nitrogens with one attached hydrogen (secondary N) is 2. The van der Waals surface area contributed by atoms with Crippen LogP contribution in [0.5, 0.6) is 0 Å². The average molecular weight is 571 g/mol. The van der Waals surface area contributed by atoms with Crippen LogP contribution < -0.4 is 16.4 Å². The number of aliphatic carboxylic acids is 1. The third-order valence-electron chi connectivity index (χ3n) is 7.43. The molecule has 1 aromatic carbocycles. The number of unbranched alkanes of at least 4 members (excludes halogenated alkanes) is 1. The van der Waals surface area contributed by atoms with E-state index in [2.05, 4.69) is 10.6 Å². The summed E-state index contributed by atoms with van der Waals surface area (Å²) in [5.41, 5.74) is 7.31. The van der Waals surface area contributed by atoms with E-state index in [0.29, 0.717) is 56.3 Å². The number of carboxylic acid groups (broad SMARTS) is 1. The lowest BCUT2D eigenvalue weighted by atomic mass is 10.0. The maximum absolute atomic E-state index is 13.6. The number of nitriles is 1. The molecule has 2 saturated heterocycles. The van der Waals surface area contributed by atoms with Gasteiger partial charge in [-0.1, -0.05) is 24.4 Å². The van der Waals surface area contributed by atoms with E-state index in [-0.39, 0.29) is 18.2 Å². The van der Waals surface area contributed by atoms with Crippen molar-refractivity contribution >= 4 is 40.9 Å². The molecular weight excluding hydrogens is 532 g/mol. The minimum absolute atomic E-state index is 0.0391. The van der Waals surface area contributed by atoms with Crippen LogP contribution in [-0.4, -0.2) is 87.4 Å². The number of benzene rings is 1. The standard InChI is InChI=1S/C28H38N6O5S/c1-18(40)31-13-3-2-6-21(30)26(36)34-15-5-8-24(34)27(37)33-14-4-7-23(33)25(35)32-22(28(38)39)16-19-9-11-20(17-29)12-10-19/h9-12,21-24H,2-8,13-16,30H2,1H3,(H,31,40)(H,32,35)(H,38,39)/t21-,22-,23-,24-/m0/s1. The van der Waals surface area contributed by atoms with Gasteiger partial charge in [-0.25, -0.2) is 4.79 Å². The van der Waals surface area contributed by atoms with Gasteiger partial charge in [0, 0.05) is 26.1 Å². The summed E-state index contributed by atoms with van der Waals surface area (Å²) >= 11 is 4.99. The molecule has 2 aliphatic heterocycles. The molecule has 5 N–H and O–H groups in total. The van der Waals surface area contributed by atoms with Crippen molar-refractivity contribution in [3.63, 3.8) is 0 Å². The van der Waals surface area contributed by atoms with E-state index < -0.39 is 36.0 Å². The molecule has 0 unspecified atom stereocenters. The number of carboxylic acids is 1. The minimum Gasteiger partial charge on any atom is -0.480 e. The molecule has 3 amide bonds. The van der Waals surface area contributed by atoms with E-state index in [1.165, 1.54) is 4.90 Å². The summed E-state index contributed by atoms with van der Waals surface area (Å²) in [6.07, 6.45) is 4.29. The summed E-state index contributed by atoms with van der Waals surface area (Å²) in [5.74, 6) is -2.28. The first-order valence-electron chi connectivity index (χ1n) is 13.8. The first-order chi connectivity index (χ1) is 19.1. The zero-order chi connectivity index (χ0) is 29.2. The van der Waals surface area contributed by atoms with E-state index in [9.17, 15) is 24.3 Å². The molecule has 2 aliphatic rings. The van der Waals surface area contributed by atoms with Gasteiger partial charge in [0.05, 0.1) is 22.7 Å². The fourth-order valence-electron chi connectivity index (χ4n) is 5.29. The maximum Gasteiger partial charge on any atom is 0.326 e. The zero-order valence-corrected chi connectivity index (χ0v) is 23.6. The van der Waals surface area contributed by atoms with Crippen LogP contribution in [0.2, 0.25) is 0 Å². The molecule has 0 saturated carbocycles. The van der Waals surface area contributed by atoms with E-state index in [1.54, 1.807) is 29.2 Å². The van der Waals surface area contributed by atoms with Gasteiger partial charge in [0.1, 0.15) is 18.1 Å². The topological polar surface area (TPSA) is 169 Å². The van der Waals surface area contributed by atoms with E-state index >= 15 is 0 Å². The van der Waals surface area contributed by atoms with Gasteiger partial charge in [-0.2, -0.15) is 5.26 Å². The van der Waals surface area contributed by atoms with Crippen molar-refractivity contribution in [1.29, 1.82) is 5.26 Å². The number of hydrogen-bond acceptors (Lipinski definition) is 7. The van der Waals surface area contributed by atoms with Crippen LogP contribution in [0.4, 0.5) is 0 Å². The van der Waals surface area contributed by atoms with Gasteiger partial charge in [-0.15, -0.1) is 0 Å². The van der Waals surface area contributed by atoms with Crippen LogP contribution >= 0.6 is 12.2 Å². The molecule has 0 aromatic heterocycles. The lowest BCUT2D eigenvalue weighted by molar-refractivity contribution is -0.148. The number of nitrogens with two attached hydrogens (primary N) is 1. The van der Waals surface area contributed by atoms with Crippen LogP contribution in [0.3, 0.4) is 0 Å². The number of carbonyl (C=O) groups excluding carboxylic acids is 3. The molecular formula is C28H38N6O5S. The highest BCUT2D eigenvalue weighted by molar-refractivity contribution is 7.80. The Morgan fingerprint density at radius 1 is 1.10 bits per heavy atom. The SMILES string of the molecule is CC(=S)NCCCC[C@H](N)C(=O)N1CCC[C@H]1C(=O)N1CCC[C@H]1C(=O)N[C@@H](Cc1ccc(C#N)cc1)C(=O)O. The highest BCUT2D eigenvalue weighted by atomic mass is 32.1. The fraction of sp³-hybridized carbons (Fsp3) is 0.571. The number of likely N-dealkylation sites (tertiary alicyclic amines) is 2. The Morgan fingerprint density at radius 3 is 2.38 bits per heavy atom. The predicted octanol–water partition coefficient (Wildman–Crippen LogP) is 1.09. The number of hydrogen-bond donors (Lipinski definition) is 4. The fourth-order valence-corrected chi connectivity index (χ4v) is 5.39. The lowest BCUT2D eigenvalue weighted by Gasteiger charge is -2.32. The summed E-state index contributed by atoms with van der Waals surface area (Å²) in [4.78, 5) is 55.6. The summed E-state index contributed by atoms with van der Waals surface area (Å²) in [5, 5.41) is 24.4. The van der Waals surface area contributed by atoms with Crippen LogP contribution in [0.25, 0.3) is 0 Å². The van der Waals surface area contributed by atoms with Crippen LogP contribution in [0.1, 0.15) is 63.0 Å². The Balaban J connectivity index is 1.59. The normalized spacial score (nSPS) is 19.9. The molecule has 40 heavy (non-hydrogen) atoms. The summed E-state index contributed by atoms with van der Waals surface area (Å²) < 4.78 is 0. The highest BCUT2D eigenvalue weighted by Gasteiger charge is 2.43. The van der Waals surface area contributed by atoms with Crippen molar-refractivity contribution in [2.24, 2.45) is 5.73 Å². The lowest BCUT2D eigenvalue weighted by Crippen LogP contribution is -2.56. The number of thiocarbonyl (C=S) groups is 1. The molecule has 216 valence electrons. The quantitative estimate of drug-likeness (QED) is 0.212. The van der Waals surface area contributed by atoms with Crippen molar-refractivity contribution in [2.45, 2.75) is 82.5 Å². The molecule has 12 heteroatoms. The zero-order valence-electron chi connectivity index (χ0n) is 22.8. The molecule has 11 nitrogen and oxygen atoms in total. The third-order valence-corrected chi connectivity index (χ3v) is 7.57. The molecule has 0 spiro atoms.